The van der Waals surface area contributed by atoms with Crippen molar-refractivity contribution in [3.8, 4) is 0 Å². The number of benzene rings is 1. The van der Waals surface area contributed by atoms with E-state index in [1.165, 1.54) is 11.3 Å². The second kappa shape index (κ2) is 7.92. The van der Waals surface area contributed by atoms with E-state index in [2.05, 4.69) is 5.32 Å². The number of carbonyl (C=O) groups excluding carboxylic acids is 2. The molecular weight excluding hydrogens is 308 g/mol. The molecular formula is C18H22N2O2S. The van der Waals surface area contributed by atoms with Crippen LogP contribution in [0.2, 0.25) is 0 Å². The molecule has 0 aliphatic rings. The molecule has 1 aromatic carbocycles. The van der Waals surface area contributed by atoms with Gasteiger partial charge in [-0.2, -0.15) is 0 Å². The predicted octanol–water partition coefficient (Wildman–Crippen LogP) is 3.16. The SMILES string of the molecule is CC(C)C(NC(=O)c1cccs1)C(=O)N(C)Cc1ccccc1. The highest BCUT2D eigenvalue weighted by Crippen LogP contribution is 2.12. The Bertz CT molecular complexity index is 638. The number of thiophene rings is 1. The Morgan fingerprint density at radius 1 is 1.13 bits per heavy atom. The first kappa shape index (κ1) is 17.2. The first-order valence-corrected chi connectivity index (χ1v) is 8.50. The Kier molecular flexibility index (Phi) is 5.93. The first-order chi connectivity index (χ1) is 11.0. The fraction of sp³-hybridized carbons (Fsp3) is 0.333. The Labute approximate surface area is 141 Å². The van der Waals surface area contributed by atoms with Crippen molar-refractivity contribution < 1.29 is 9.59 Å². The van der Waals surface area contributed by atoms with E-state index >= 15 is 0 Å². The molecule has 2 rings (SSSR count). The summed E-state index contributed by atoms with van der Waals surface area (Å²) in [4.78, 5) is 27.2. The maximum absolute atomic E-state index is 12.7. The first-order valence-electron chi connectivity index (χ1n) is 7.62. The maximum Gasteiger partial charge on any atom is 0.262 e. The molecule has 0 aliphatic heterocycles. The standard InChI is InChI=1S/C18H22N2O2S/c1-13(2)16(19-17(21)15-10-7-11-23-15)18(22)20(3)12-14-8-5-4-6-9-14/h4-11,13,16H,12H2,1-3H3,(H,19,21). The normalized spacial score (nSPS) is 12.0. The van der Waals surface area contributed by atoms with E-state index in [0.717, 1.165) is 5.56 Å². The van der Waals surface area contributed by atoms with Crippen LogP contribution in [0.4, 0.5) is 0 Å². The lowest BCUT2D eigenvalue weighted by Crippen LogP contribution is -2.49. The highest BCUT2D eigenvalue weighted by Gasteiger charge is 2.27. The van der Waals surface area contributed by atoms with Gasteiger partial charge in [0, 0.05) is 13.6 Å². The van der Waals surface area contributed by atoms with Crippen molar-refractivity contribution in [3.63, 3.8) is 0 Å². The number of hydrogen-bond acceptors (Lipinski definition) is 3. The van der Waals surface area contributed by atoms with Crippen LogP contribution in [-0.4, -0.2) is 29.8 Å². The average Bonchev–Trinajstić information content (AvgIpc) is 3.07. The molecule has 0 radical (unpaired) electrons. The summed E-state index contributed by atoms with van der Waals surface area (Å²) in [6, 6.07) is 12.9. The van der Waals surface area contributed by atoms with E-state index in [9.17, 15) is 9.59 Å². The topological polar surface area (TPSA) is 49.4 Å². The summed E-state index contributed by atoms with van der Waals surface area (Å²) in [5, 5.41) is 4.72. The van der Waals surface area contributed by atoms with Gasteiger partial charge in [0.2, 0.25) is 5.91 Å². The second-order valence-electron chi connectivity index (χ2n) is 5.85. The fourth-order valence-electron chi connectivity index (χ4n) is 2.31. The zero-order valence-electron chi connectivity index (χ0n) is 13.7. The average molecular weight is 330 g/mol. The third-order valence-electron chi connectivity index (χ3n) is 3.60. The van der Waals surface area contributed by atoms with Crippen molar-refractivity contribution in [2.24, 2.45) is 5.92 Å². The van der Waals surface area contributed by atoms with Gasteiger partial charge in [-0.15, -0.1) is 11.3 Å². The molecule has 1 heterocycles. The van der Waals surface area contributed by atoms with E-state index < -0.39 is 6.04 Å². The minimum atomic E-state index is -0.529. The van der Waals surface area contributed by atoms with Crippen LogP contribution in [0, 0.1) is 5.92 Å². The summed E-state index contributed by atoms with van der Waals surface area (Å²) in [5.74, 6) is -0.251. The molecule has 0 fully saturated rings. The molecule has 122 valence electrons. The van der Waals surface area contributed by atoms with Gasteiger partial charge in [-0.3, -0.25) is 9.59 Å². The van der Waals surface area contributed by atoms with Gasteiger partial charge in [-0.05, 0) is 22.9 Å². The Hall–Kier alpha value is -2.14. The van der Waals surface area contributed by atoms with Crippen molar-refractivity contribution >= 4 is 23.2 Å². The van der Waals surface area contributed by atoms with Gasteiger partial charge in [0.15, 0.2) is 0 Å². The van der Waals surface area contributed by atoms with E-state index in [1.54, 1.807) is 18.0 Å². The molecule has 2 aromatic rings. The highest BCUT2D eigenvalue weighted by molar-refractivity contribution is 7.12. The van der Waals surface area contributed by atoms with Crippen LogP contribution >= 0.6 is 11.3 Å². The van der Waals surface area contributed by atoms with E-state index in [-0.39, 0.29) is 17.7 Å². The predicted molar refractivity (Wildman–Crippen MR) is 93.3 cm³/mol. The van der Waals surface area contributed by atoms with Crippen LogP contribution in [0.15, 0.2) is 47.8 Å². The third kappa shape index (κ3) is 4.66. The molecule has 1 N–H and O–H groups in total. The monoisotopic (exact) mass is 330 g/mol. The van der Waals surface area contributed by atoms with Crippen molar-refractivity contribution in [1.29, 1.82) is 0 Å². The summed E-state index contributed by atoms with van der Waals surface area (Å²) in [6.45, 7) is 4.40. The zero-order valence-corrected chi connectivity index (χ0v) is 14.5. The summed E-state index contributed by atoms with van der Waals surface area (Å²) < 4.78 is 0. The summed E-state index contributed by atoms with van der Waals surface area (Å²) >= 11 is 1.37. The van der Waals surface area contributed by atoms with Crippen LogP contribution in [0.5, 0.6) is 0 Å². The number of nitrogens with one attached hydrogen (secondary N) is 1. The van der Waals surface area contributed by atoms with Gasteiger partial charge in [0.05, 0.1) is 4.88 Å². The third-order valence-corrected chi connectivity index (χ3v) is 4.47. The van der Waals surface area contributed by atoms with Crippen LogP contribution < -0.4 is 5.32 Å². The molecule has 23 heavy (non-hydrogen) atoms. The zero-order chi connectivity index (χ0) is 16.8. The maximum atomic E-state index is 12.7. The molecule has 0 spiro atoms. The van der Waals surface area contributed by atoms with Gasteiger partial charge >= 0.3 is 0 Å². The molecule has 0 saturated heterocycles. The van der Waals surface area contributed by atoms with Gasteiger partial charge in [-0.1, -0.05) is 50.2 Å². The minimum absolute atomic E-state index is 0.0182. The van der Waals surface area contributed by atoms with Crippen LogP contribution in [0.1, 0.15) is 29.1 Å². The van der Waals surface area contributed by atoms with Gasteiger partial charge in [0.1, 0.15) is 6.04 Å². The van der Waals surface area contributed by atoms with E-state index in [0.29, 0.717) is 11.4 Å². The lowest BCUT2D eigenvalue weighted by molar-refractivity contribution is -0.133. The molecule has 1 aromatic heterocycles. The van der Waals surface area contributed by atoms with Crippen molar-refractivity contribution in [2.45, 2.75) is 26.4 Å². The molecule has 0 bridgehead atoms. The van der Waals surface area contributed by atoms with Crippen LogP contribution in [0.3, 0.4) is 0 Å². The van der Waals surface area contributed by atoms with Crippen molar-refractivity contribution in [1.82, 2.24) is 10.2 Å². The summed E-state index contributed by atoms with van der Waals surface area (Å²) in [5.41, 5.74) is 1.07. The number of carbonyl (C=O) groups is 2. The summed E-state index contributed by atoms with van der Waals surface area (Å²) in [6.07, 6.45) is 0. The molecule has 0 aliphatic carbocycles. The fourth-order valence-corrected chi connectivity index (χ4v) is 2.93. The van der Waals surface area contributed by atoms with E-state index in [1.807, 2.05) is 55.6 Å². The Balaban J connectivity index is 2.04. The van der Waals surface area contributed by atoms with Gasteiger partial charge < -0.3 is 10.2 Å². The quantitative estimate of drug-likeness (QED) is 0.884. The molecule has 1 atom stereocenters. The molecule has 0 saturated carbocycles. The van der Waals surface area contributed by atoms with Crippen molar-refractivity contribution in [3.05, 3.63) is 58.3 Å². The smallest absolute Gasteiger partial charge is 0.262 e. The number of nitrogens with zero attached hydrogens (tertiary/aromatic N) is 1. The Morgan fingerprint density at radius 3 is 2.39 bits per heavy atom. The lowest BCUT2D eigenvalue weighted by Gasteiger charge is -2.27. The number of likely N-dealkylation sites (N-methyl/N-ethyl adjacent to an activating group) is 1. The van der Waals surface area contributed by atoms with Crippen LogP contribution in [-0.2, 0) is 11.3 Å². The largest absolute Gasteiger partial charge is 0.340 e. The lowest BCUT2D eigenvalue weighted by atomic mass is 10.0. The second-order valence-corrected chi connectivity index (χ2v) is 6.80. The number of hydrogen-bond donors (Lipinski definition) is 1. The number of amides is 2. The van der Waals surface area contributed by atoms with Crippen molar-refractivity contribution in [2.75, 3.05) is 7.05 Å². The molecule has 2 amide bonds. The molecule has 4 nitrogen and oxygen atoms in total. The van der Waals surface area contributed by atoms with Gasteiger partial charge in [0.25, 0.3) is 5.91 Å². The van der Waals surface area contributed by atoms with Gasteiger partial charge in [-0.25, -0.2) is 0 Å². The molecule has 5 heteroatoms. The Morgan fingerprint density at radius 2 is 1.83 bits per heavy atom. The molecule has 1 unspecified atom stereocenters. The van der Waals surface area contributed by atoms with Crippen LogP contribution in [0.25, 0.3) is 0 Å². The minimum Gasteiger partial charge on any atom is -0.340 e. The number of rotatable bonds is 6. The highest BCUT2D eigenvalue weighted by atomic mass is 32.1. The summed E-state index contributed by atoms with van der Waals surface area (Å²) in [7, 11) is 1.77. The van der Waals surface area contributed by atoms with E-state index in [4.69, 9.17) is 0 Å².